The van der Waals surface area contributed by atoms with Gasteiger partial charge in [-0.15, -0.1) is 6.42 Å². The lowest BCUT2D eigenvalue weighted by Crippen LogP contribution is -2.26. The van der Waals surface area contributed by atoms with Crippen molar-refractivity contribution < 1.29 is 9.53 Å². The molecule has 0 aliphatic carbocycles. The number of rotatable bonds is 4. The van der Waals surface area contributed by atoms with Crippen molar-refractivity contribution in [3.05, 3.63) is 90.0 Å². The summed E-state index contributed by atoms with van der Waals surface area (Å²) in [6.45, 7) is 0.244. The smallest absolute Gasteiger partial charge is 0.414 e. The molecule has 3 aromatic carbocycles. The lowest BCUT2D eigenvalue weighted by atomic mass is 10.0. The van der Waals surface area contributed by atoms with Crippen LogP contribution in [0.15, 0.2) is 78.9 Å². The zero-order valence-electron chi connectivity index (χ0n) is 14.6. The summed E-state index contributed by atoms with van der Waals surface area (Å²) in [5.41, 5.74) is 4.53. The number of benzene rings is 3. The molecule has 0 atom stereocenters. The molecule has 3 nitrogen and oxygen atoms in total. The van der Waals surface area contributed by atoms with Crippen LogP contribution in [0.5, 0.6) is 0 Å². The Kier molecular flexibility index (Phi) is 5.36. The Labute approximate surface area is 153 Å². The van der Waals surface area contributed by atoms with Crippen LogP contribution in [0.2, 0.25) is 0 Å². The lowest BCUT2D eigenvalue weighted by molar-refractivity contribution is 0.148. The number of carbonyl (C=O) groups is 1. The van der Waals surface area contributed by atoms with Gasteiger partial charge in [0.1, 0.15) is 6.61 Å². The SMILES string of the molecule is C#Cc1cccc(-c2cccc(N(C)C(=O)OCc3ccccc3)c2)c1. The summed E-state index contributed by atoms with van der Waals surface area (Å²) < 4.78 is 5.39. The van der Waals surface area contributed by atoms with E-state index in [1.54, 1.807) is 7.05 Å². The van der Waals surface area contributed by atoms with Crippen LogP contribution in [0.25, 0.3) is 11.1 Å². The maximum Gasteiger partial charge on any atom is 0.414 e. The normalized spacial score (nSPS) is 10.0. The van der Waals surface area contributed by atoms with Crippen LogP contribution in [0.4, 0.5) is 10.5 Å². The third-order valence-electron chi connectivity index (χ3n) is 4.08. The minimum absolute atomic E-state index is 0.244. The predicted molar refractivity (Wildman–Crippen MR) is 105 cm³/mol. The molecule has 3 rings (SSSR count). The van der Waals surface area contributed by atoms with Crippen molar-refractivity contribution in [2.24, 2.45) is 0 Å². The standard InChI is InChI=1S/C23H19NO2/c1-3-18-11-7-12-20(15-18)21-13-8-14-22(16-21)24(2)23(25)26-17-19-9-5-4-6-10-19/h1,4-16H,17H2,2H3. The zero-order chi connectivity index (χ0) is 18.4. The number of hydrogen-bond donors (Lipinski definition) is 0. The fraction of sp³-hybridized carbons (Fsp3) is 0.0870. The molecule has 0 bridgehead atoms. The van der Waals surface area contributed by atoms with Gasteiger partial charge in [0.25, 0.3) is 0 Å². The topological polar surface area (TPSA) is 29.5 Å². The van der Waals surface area contributed by atoms with E-state index in [-0.39, 0.29) is 6.61 Å². The van der Waals surface area contributed by atoms with Crippen molar-refractivity contribution in [2.75, 3.05) is 11.9 Å². The molecule has 0 aliphatic heterocycles. The van der Waals surface area contributed by atoms with Crippen LogP contribution >= 0.6 is 0 Å². The number of anilines is 1. The molecule has 26 heavy (non-hydrogen) atoms. The van der Waals surface area contributed by atoms with Gasteiger partial charge in [0, 0.05) is 18.3 Å². The Bertz CT molecular complexity index is 942. The molecule has 0 radical (unpaired) electrons. The number of carbonyl (C=O) groups excluding carboxylic acids is 1. The Morgan fingerprint density at radius 2 is 1.65 bits per heavy atom. The first-order valence-electron chi connectivity index (χ1n) is 8.29. The van der Waals surface area contributed by atoms with E-state index < -0.39 is 6.09 Å². The number of hydrogen-bond acceptors (Lipinski definition) is 2. The molecule has 3 aromatic rings. The van der Waals surface area contributed by atoms with Gasteiger partial charge in [0.15, 0.2) is 0 Å². The van der Waals surface area contributed by atoms with Crippen LogP contribution < -0.4 is 4.90 Å². The van der Waals surface area contributed by atoms with Gasteiger partial charge in [-0.1, -0.05) is 60.5 Å². The van der Waals surface area contributed by atoms with Gasteiger partial charge < -0.3 is 4.74 Å². The summed E-state index contributed by atoms with van der Waals surface area (Å²) in [7, 11) is 1.70. The number of amides is 1. The van der Waals surface area contributed by atoms with Crippen molar-refractivity contribution in [1.82, 2.24) is 0 Å². The molecule has 0 aromatic heterocycles. The minimum atomic E-state index is -0.400. The minimum Gasteiger partial charge on any atom is -0.444 e. The third-order valence-corrected chi connectivity index (χ3v) is 4.08. The molecule has 0 heterocycles. The van der Waals surface area contributed by atoms with E-state index in [1.807, 2.05) is 78.9 Å². The monoisotopic (exact) mass is 341 g/mol. The van der Waals surface area contributed by atoms with Gasteiger partial charge >= 0.3 is 6.09 Å². The molecule has 0 spiro atoms. The van der Waals surface area contributed by atoms with E-state index in [0.717, 1.165) is 27.9 Å². The van der Waals surface area contributed by atoms with Gasteiger partial charge in [-0.3, -0.25) is 4.90 Å². The zero-order valence-corrected chi connectivity index (χ0v) is 14.6. The van der Waals surface area contributed by atoms with Crippen LogP contribution in [0.1, 0.15) is 11.1 Å². The van der Waals surface area contributed by atoms with Crippen molar-refractivity contribution in [3.8, 4) is 23.5 Å². The molecule has 0 saturated carbocycles. The Morgan fingerprint density at radius 3 is 2.38 bits per heavy atom. The van der Waals surface area contributed by atoms with Crippen LogP contribution in [-0.2, 0) is 11.3 Å². The second-order valence-corrected chi connectivity index (χ2v) is 5.87. The summed E-state index contributed by atoms with van der Waals surface area (Å²) in [6, 6.07) is 25.1. The maximum atomic E-state index is 12.3. The molecule has 0 unspecified atom stereocenters. The Hall–Kier alpha value is -3.51. The number of ether oxygens (including phenoxy) is 1. The van der Waals surface area contributed by atoms with Crippen molar-refractivity contribution in [3.63, 3.8) is 0 Å². The third kappa shape index (κ3) is 4.12. The average Bonchev–Trinajstić information content (AvgIpc) is 2.72. The highest BCUT2D eigenvalue weighted by molar-refractivity contribution is 5.88. The molecule has 3 heteroatoms. The fourth-order valence-corrected chi connectivity index (χ4v) is 2.60. The van der Waals surface area contributed by atoms with Crippen molar-refractivity contribution in [2.45, 2.75) is 6.61 Å². The molecule has 0 N–H and O–H groups in total. The molecular weight excluding hydrogens is 322 g/mol. The van der Waals surface area contributed by atoms with E-state index in [4.69, 9.17) is 11.2 Å². The summed E-state index contributed by atoms with van der Waals surface area (Å²) in [6.07, 6.45) is 5.08. The van der Waals surface area contributed by atoms with Crippen molar-refractivity contribution >= 4 is 11.8 Å². The van der Waals surface area contributed by atoms with Crippen LogP contribution in [0, 0.1) is 12.3 Å². The average molecular weight is 341 g/mol. The lowest BCUT2D eigenvalue weighted by Gasteiger charge is -2.18. The summed E-state index contributed by atoms with van der Waals surface area (Å²) in [5, 5.41) is 0. The second-order valence-electron chi connectivity index (χ2n) is 5.87. The number of nitrogens with zero attached hydrogens (tertiary/aromatic N) is 1. The van der Waals surface area contributed by atoms with Gasteiger partial charge in [-0.2, -0.15) is 0 Å². The van der Waals surface area contributed by atoms with Gasteiger partial charge in [-0.05, 0) is 41.0 Å². The highest BCUT2D eigenvalue weighted by Gasteiger charge is 2.13. The highest BCUT2D eigenvalue weighted by atomic mass is 16.6. The molecular formula is C23H19NO2. The fourth-order valence-electron chi connectivity index (χ4n) is 2.60. The van der Waals surface area contributed by atoms with E-state index in [0.29, 0.717) is 0 Å². The van der Waals surface area contributed by atoms with E-state index >= 15 is 0 Å². The summed E-state index contributed by atoms with van der Waals surface area (Å²) in [4.78, 5) is 13.8. The molecule has 0 fully saturated rings. The Balaban J connectivity index is 1.74. The van der Waals surface area contributed by atoms with E-state index in [1.165, 1.54) is 4.90 Å². The van der Waals surface area contributed by atoms with Crippen LogP contribution in [0.3, 0.4) is 0 Å². The van der Waals surface area contributed by atoms with Gasteiger partial charge in [0.05, 0.1) is 0 Å². The summed E-state index contributed by atoms with van der Waals surface area (Å²) >= 11 is 0. The number of terminal acetylenes is 1. The first-order chi connectivity index (χ1) is 12.7. The predicted octanol–water partition coefficient (Wildman–Crippen LogP) is 5.11. The van der Waals surface area contributed by atoms with Crippen molar-refractivity contribution in [1.29, 1.82) is 0 Å². The maximum absolute atomic E-state index is 12.3. The largest absolute Gasteiger partial charge is 0.444 e. The molecule has 0 aliphatic rings. The van der Waals surface area contributed by atoms with E-state index in [9.17, 15) is 4.79 Å². The van der Waals surface area contributed by atoms with Crippen LogP contribution in [-0.4, -0.2) is 13.1 Å². The first kappa shape index (κ1) is 17.3. The first-order valence-corrected chi connectivity index (χ1v) is 8.29. The highest BCUT2D eigenvalue weighted by Crippen LogP contribution is 2.25. The quantitative estimate of drug-likeness (QED) is 0.617. The van der Waals surface area contributed by atoms with Gasteiger partial charge in [0.2, 0.25) is 0 Å². The Morgan fingerprint density at radius 1 is 0.962 bits per heavy atom. The second kappa shape index (κ2) is 8.04. The molecule has 0 saturated heterocycles. The molecule has 128 valence electrons. The van der Waals surface area contributed by atoms with Gasteiger partial charge in [-0.25, -0.2) is 4.79 Å². The van der Waals surface area contributed by atoms with E-state index in [2.05, 4.69) is 5.92 Å². The molecule has 1 amide bonds. The summed E-state index contributed by atoms with van der Waals surface area (Å²) in [5.74, 6) is 2.64.